The van der Waals surface area contributed by atoms with Crippen molar-refractivity contribution in [3.05, 3.63) is 63.1 Å². The molecule has 2 aromatic rings. The SMILES string of the molecule is Cc1nc(C)c(C(=O)NCCc2ccccc2F)c(=O)[nH]1. The quantitative estimate of drug-likeness (QED) is 0.895. The lowest BCUT2D eigenvalue weighted by molar-refractivity contribution is 0.0951. The maximum absolute atomic E-state index is 13.4. The second-order valence-electron chi connectivity index (χ2n) is 4.71. The largest absolute Gasteiger partial charge is 0.351 e. The predicted octanol–water partition coefficient (Wildman–Crippen LogP) is 1.50. The third kappa shape index (κ3) is 3.53. The van der Waals surface area contributed by atoms with Crippen LogP contribution in [0.2, 0.25) is 0 Å². The predicted molar refractivity (Wildman–Crippen MR) is 76.8 cm³/mol. The summed E-state index contributed by atoms with van der Waals surface area (Å²) in [5.74, 6) is -0.351. The zero-order chi connectivity index (χ0) is 15.4. The van der Waals surface area contributed by atoms with Gasteiger partial charge in [0.2, 0.25) is 0 Å². The third-order valence-corrected chi connectivity index (χ3v) is 3.08. The molecule has 0 fully saturated rings. The number of aromatic nitrogens is 2. The zero-order valence-electron chi connectivity index (χ0n) is 11.9. The van der Waals surface area contributed by atoms with Crippen LogP contribution in [0, 0.1) is 19.7 Å². The smallest absolute Gasteiger partial charge is 0.264 e. The van der Waals surface area contributed by atoms with Crippen LogP contribution in [-0.2, 0) is 6.42 Å². The summed E-state index contributed by atoms with van der Waals surface area (Å²) < 4.78 is 13.4. The Bertz CT molecular complexity index is 725. The maximum atomic E-state index is 13.4. The fraction of sp³-hybridized carbons (Fsp3) is 0.267. The van der Waals surface area contributed by atoms with E-state index >= 15 is 0 Å². The van der Waals surface area contributed by atoms with Crippen LogP contribution in [0.3, 0.4) is 0 Å². The Morgan fingerprint density at radius 2 is 2.05 bits per heavy atom. The maximum Gasteiger partial charge on any atom is 0.264 e. The average Bonchev–Trinajstić information content (AvgIpc) is 2.39. The molecule has 0 bridgehead atoms. The van der Waals surface area contributed by atoms with Gasteiger partial charge in [0, 0.05) is 6.54 Å². The number of H-pyrrole nitrogens is 1. The topological polar surface area (TPSA) is 74.8 Å². The number of rotatable bonds is 4. The van der Waals surface area contributed by atoms with Crippen LogP contribution in [0.15, 0.2) is 29.1 Å². The molecule has 2 N–H and O–H groups in total. The molecule has 1 amide bonds. The molecule has 0 saturated carbocycles. The van der Waals surface area contributed by atoms with E-state index in [0.717, 1.165) is 0 Å². The minimum atomic E-state index is -0.502. The Kier molecular flexibility index (Phi) is 4.47. The van der Waals surface area contributed by atoms with E-state index in [4.69, 9.17) is 0 Å². The average molecular weight is 289 g/mol. The summed E-state index contributed by atoms with van der Waals surface area (Å²) in [5, 5.41) is 2.61. The van der Waals surface area contributed by atoms with Crippen LogP contribution < -0.4 is 10.9 Å². The van der Waals surface area contributed by atoms with E-state index in [1.807, 2.05) is 0 Å². The van der Waals surface area contributed by atoms with Gasteiger partial charge in [-0.1, -0.05) is 18.2 Å². The highest BCUT2D eigenvalue weighted by molar-refractivity contribution is 5.94. The summed E-state index contributed by atoms with van der Waals surface area (Å²) in [5.41, 5.74) is 0.419. The molecule has 0 aliphatic heterocycles. The van der Waals surface area contributed by atoms with E-state index < -0.39 is 11.5 Å². The molecule has 0 atom stereocenters. The Balaban J connectivity index is 2.03. The van der Waals surface area contributed by atoms with Gasteiger partial charge in [-0.3, -0.25) is 9.59 Å². The minimum absolute atomic E-state index is 0.00543. The number of hydrogen-bond donors (Lipinski definition) is 2. The van der Waals surface area contributed by atoms with E-state index in [0.29, 0.717) is 23.5 Å². The first-order valence-corrected chi connectivity index (χ1v) is 6.58. The summed E-state index contributed by atoms with van der Waals surface area (Å²) >= 11 is 0. The first-order valence-electron chi connectivity index (χ1n) is 6.58. The number of halogens is 1. The molecule has 0 unspecified atom stereocenters. The van der Waals surface area contributed by atoms with Gasteiger partial charge in [0.25, 0.3) is 11.5 Å². The van der Waals surface area contributed by atoms with Gasteiger partial charge < -0.3 is 10.3 Å². The molecular formula is C15H16FN3O2. The number of nitrogens with zero attached hydrogens (tertiary/aromatic N) is 1. The number of nitrogens with one attached hydrogen (secondary N) is 2. The summed E-state index contributed by atoms with van der Waals surface area (Å²) in [6, 6.07) is 6.38. The van der Waals surface area contributed by atoms with Crippen LogP contribution >= 0.6 is 0 Å². The van der Waals surface area contributed by atoms with Crippen molar-refractivity contribution in [1.82, 2.24) is 15.3 Å². The fourth-order valence-corrected chi connectivity index (χ4v) is 2.09. The lowest BCUT2D eigenvalue weighted by Gasteiger charge is -2.07. The van der Waals surface area contributed by atoms with Crippen molar-refractivity contribution in [2.75, 3.05) is 6.54 Å². The van der Waals surface area contributed by atoms with Crippen molar-refractivity contribution in [2.24, 2.45) is 0 Å². The van der Waals surface area contributed by atoms with Gasteiger partial charge in [0.05, 0.1) is 5.69 Å². The highest BCUT2D eigenvalue weighted by Crippen LogP contribution is 2.06. The molecule has 0 aliphatic carbocycles. The van der Waals surface area contributed by atoms with Crippen LogP contribution in [0.4, 0.5) is 4.39 Å². The second-order valence-corrected chi connectivity index (χ2v) is 4.71. The molecule has 0 spiro atoms. The number of carbonyl (C=O) groups is 1. The van der Waals surface area contributed by atoms with Gasteiger partial charge in [-0.15, -0.1) is 0 Å². The Labute approximate surface area is 121 Å². The number of benzene rings is 1. The number of aryl methyl sites for hydroxylation is 2. The first-order chi connectivity index (χ1) is 9.99. The molecule has 21 heavy (non-hydrogen) atoms. The van der Waals surface area contributed by atoms with Crippen LogP contribution in [0.1, 0.15) is 27.4 Å². The summed E-state index contributed by atoms with van der Waals surface area (Å²) in [6.45, 7) is 3.49. The van der Waals surface area contributed by atoms with E-state index in [1.54, 1.807) is 32.0 Å². The number of amides is 1. The van der Waals surface area contributed by atoms with Crippen molar-refractivity contribution in [2.45, 2.75) is 20.3 Å². The van der Waals surface area contributed by atoms with Crippen LogP contribution in [0.25, 0.3) is 0 Å². The molecule has 5 nitrogen and oxygen atoms in total. The number of aromatic amines is 1. The molecule has 110 valence electrons. The van der Waals surface area contributed by atoms with Crippen molar-refractivity contribution in [3.8, 4) is 0 Å². The standard InChI is InChI=1S/C15H16FN3O2/c1-9-13(15(21)19-10(2)18-9)14(20)17-8-7-11-5-3-4-6-12(11)16/h3-6H,7-8H2,1-2H3,(H,17,20)(H,18,19,21). The van der Waals surface area contributed by atoms with Crippen molar-refractivity contribution in [3.63, 3.8) is 0 Å². The lowest BCUT2D eigenvalue weighted by Crippen LogP contribution is -2.33. The molecule has 0 radical (unpaired) electrons. The highest BCUT2D eigenvalue weighted by Gasteiger charge is 2.15. The molecule has 1 aromatic carbocycles. The molecule has 2 rings (SSSR count). The van der Waals surface area contributed by atoms with E-state index in [9.17, 15) is 14.0 Å². The van der Waals surface area contributed by atoms with E-state index in [-0.39, 0.29) is 17.9 Å². The van der Waals surface area contributed by atoms with E-state index in [1.165, 1.54) is 6.07 Å². The van der Waals surface area contributed by atoms with Crippen molar-refractivity contribution >= 4 is 5.91 Å². The molecule has 0 aliphatic rings. The normalized spacial score (nSPS) is 10.4. The minimum Gasteiger partial charge on any atom is -0.351 e. The van der Waals surface area contributed by atoms with Crippen LogP contribution in [-0.4, -0.2) is 22.4 Å². The van der Waals surface area contributed by atoms with Gasteiger partial charge in [-0.2, -0.15) is 0 Å². The second kappa shape index (κ2) is 6.30. The summed E-state index contributed by atoms with van der Waals surface area (Å²) in [6.07, 6.45) is 0.356. The number of carbonyl (C=O) groups excluding carboxylic acids is 1. The Hall–Kier alpha value is -2.50. The van der Waals surface area contributed by atoms with Gasteiger partial charge in [0.1, 0.15) is 17.2 Å². The fourth-order valence-electron chi connectivity index (χ4n) is 2.09. The molecule has 1 heterocycles. The first kappa shape index (κ1) is 14.9. The Morgan fingerprint density at radius 1 is 1.33 bits per heavy atom. The third-order valence-electron chi connectivity index (χ3n) is 3.08. The Morgan fingerprint density at radius 3 is 2.71 bits per heavy atom. The van der Waals surface area contributed by atoms with Crippen molar-refractivity contribution in [1.29, 1.82) is 0 Å². The number of hydrogen-bond acceptors (Lipinski definition) is 3. The van der Waals surface area contributed by atoms with Crippen LogP contribution in [0.5, 0.6) is 0 Å². The molecular weight excluding hydrogens is 273 g/mol. The molecule has 0 saturated heterocycles. The van der Waals surface area contributed by atoms with Crippen molar-refractivity contribution < 1.29 is 9.18 Å². The zero-order valence-corrected chi connectivity index (χ0v) is 11.9. The molecule has 1 aromatic heterocycles. The van der Waals surface area contributed by atoms with E-state index in [2.05, 4.69) is 15.3 Å². The lowest BCUT2D eigenvalue weighted by atomic mass is 10.1. The van der Waals surface area contributed by atoms with Gasteiger partial charge in [-0.05, 0) is 31.9 Å². The van der Waals surface area contributed by atoms with Gasteiger partial charge >= 0.3 is 0 Å². The van der Waals surface area contributed by atoms with Gasteiger partial charge in [-0.25, -0.2) is 9.37 Å². The molecule has 6 heteroatoms. The monoisotopic (exact) mass is 289 g/mol. The summed E-state index contributed by atoms with van der Waals surface area (Å²) in [4.78, 5) is 30.3. The summed E-state index contributed by atoms with van der Waals surface area (Å²) in [7, 11) is 0. The highest BCUT2D eigenvalue weighted by atomic mass is 19.1. The van der Waals surface area contributed by atoms with Gasteiger partial charge in [0.15, 0.2) is 0 Å².